The number of allylic oxidation sites excluding steroid dienone is 1. The number of sulfonamides is 1. The van der Waals surface area contributed by atoms with Crippen LogP contribution in [0, 0.1) is 11.7 Å². The van der Waals surface area contributed by atoms with Crippen LogP contribution in [0.5, 0.6) is 0 Å². The number of ether oxygens (including phenoxy) is 1. The molecule has 3 aromatic rings. The van der Waals surface area contributed by atoms with Gasteiger partial charge in [-0.3, -0.25) is 14.4 Å². The van der Waals surface area contributed by atoms with Gasteiger partial charge in [-0.05, 0) is 86.1 Å². The van der Waals surface area contributed by atoms with Gasteiger partial charge in [0.25, 0.3) is 5.91 Å². The third kappa shape index (κ3) is 8.04. The Morgan fingerprint density at radius 1 is 1.10 bits per heavy atom. The molecule has 0 unspecified atom stereocenters. The molecule has 1 saturated carbocycles. The molecule has 0 bridgehead atoms. The molecule has 1 aliphatic carbocycles. The molecule has 2 saturated heterocycles. The van der Waals surface area contributed by atoms with Crippen LogP contribution in [0.1, 0.15) is 66.7 Å². The van der Waals surface area contributed by atoms with Crippen molar-refractivity contribution in [1.29, 1.82) is 0 Å². The quantitative estimate of drug-likeness (QED) is 0.274. The first-order valence-corrected chi connectivity index (χ1v) is 18.3. The van der Waals surface area contributed by atoms with Crippen molar-refractivity contribution in [3.8, 4) is 0 Å². The zero-order valence-corrected chi connectivity index (χ0v) is 28.9. The molecule has 3 atom stereocenters. The van der Waals surface area contributed by atoms with Crippen molar-refractivity contribution >= 4 is 44.7 Å². The number of benzene rings is 2. The van der Waals surface area contributed by atoms with Crippen LogP contribution >= 0.6 is 0 Å². The van der Waals surface area contributed by atoms with Crippen LogP contribution in [-0.2, 0) is 24.3 Å². The molecule has 3 fully saturated rings. The molecule has 3 heterocycles. The molecule has 3 N–H and O–H groups in total. The lowest BCUT2D eigenvalue weighted by molar-refractivity contribution is -0.138. The van der Waals surface area contributed by atoms with Gasteiger partial charge in [0.2, 0.25) is 21.8 Å². The fraction of sp³-hybridized carbons (Fsp3) is 0.444. The number of hydrogen-bond donors (Lipinski definition) is 3. The Morgan fingerprint density at radius 2 is 1.86 bits per heavy atom. The maximum Gasteiger partial charge on any atom is 0.270 e. The number of carbonyl (C=O) groups excluding carboxylic acids is 3. The summed E-state index contributed by atoms with van der Waals surface area (Å²) < 4.78 is 47.6. The molecule has 2 aromatic carbocycles. The van der Waals surface area contributed by atoms with Gasteiger partial charge in [-0.15, -0.1) is 0 Å². The topological polar surface area (TPSA) is 158 Å². The zero-order valence-electron chi connectivity index (χ0n) is 28.0. The summed E-state index contributed by atoms with van der Waals surface area (Å²) in [5, 5.41) is 16.4. The Kier molecular flexibility index (Phi) is 10.6. The fourth-order valence-corrected chi connectivity index (χ4v) is 7.94. The SMILES string of the molecule is C[C@H](NC(=O)[C@@H]1C[C@@H](O)CN1C(=O)CNC(=O)c1ccc2cc(F)ccc2n1)c1ccc(S(=O)(=O)N(C)C2CCOCC2)cc1/C=C/C1CC1. The number of fused-ring (bicyclic) bond motifs is 1. The number of β-amino-alcohol motifs (C(OH)–C–C–N with tert-alkyl or cyclic N) is 1. The van der Waals surface area contributed by atoms with E-state index < -0.39 is 58.3 Å². The molecule has 0 radical (unpaired) electrons. The number of aromatic nitrogens is 1. The number of halogens is 1. The van der Waals surface area contributed by atoms with Gasteiger partial charge in [0, 0.05) is 44.7 Å². The molecule has 3 aliphatic rings. The number of nitrogens with zero attached hydrogens (tertiary/aromatic N) is 3. The van der Waals surface area contributed by atoms with E-state index in [9.17, 15) is 32.3 Å². The molecule has 266 valence electrons. The number of amides is 3. The standard InChI is InChI=1S/C36H42FN5O7S/c1-22(30-10-9-29(18-24(30)6-5-23-3-4-23)50(47,48)41(2)27-13-15-49-16-14-27)39-36(46)33-19-28(43)21-42(33)34(44)20-38-35(45)32-11-7-25-17-26(37)8-12-31(25)40-32/h5-12,17-18,22-23,27-28,33,43H,3-4,13-16,19-21H2,1-2H3,(H,38,45)(H,39,46)/b6-5+/t22-,28+,33-/m0/s1. The van der Waals surface area contributed by atoms with Gasteiger partial charge >= 0.3 is 0 Å². The molecular formula is C36H42FN5O7S. The summed E-state index contributed by atoms with van der Waals surface area (Å²) in [7, 11) is -2.19. The van der Waals surface area contributed by atoms with Crippen molar-refractivity contribution in [3.63, 3.8) is 0 Å². The Hall–Kier alpha value is -4.24. The monoisotopic (exact) mass is 707 g/mol. The fourth-order valence-electron chi connectivity index (χ4n) is 6.49. The molecule has 1 aromatic heterocycles. The van der Waals surface area contributed by atoms with Crippen molar-refractivity contribution in [2.75, 3.05) is 33.4 Å². The van der Waals surface area contributed by atoms with Crippen LogP contribution in [0.3, 0.4) is 0 Å². The second-order valence-electron chi connectivity index (χ2n) is 13.2. The summed E-state index contributed by atoms with van der Waals surface area (Å²) in [5.41, 5.74) is 1.84. The Labute approximate surface area is 290 Å². The summed E-state index contributed by atoms with van der Waals surface area (Å²) >= 11 is 0. The average molecular weight is 708 g/mol. The Bertz CT molecular complexity index is 1910. The van der Waals surface area contributed by atoms with Gasteiger partial charge in [-0.25, -0.2) is 17.8 Å². The molecular weight excluding hydrogens is 665 g/mol. The Morgan fingerprint density at radius 3 is 2.60 bits per heavy atom. The minimum Gasteiger partial charge on any atom is -0.391 e. The van der Waals surface area contributed by atoms with Crippen LogP contribution < -0.4 is 10.6 Å². The summed E-state index contributed by atoms with van der Waals surface area (Å²) in [5.74, 6) is -1.64. The number of aliphatic hydroxyl groups is 1. The van der Waals surface area contributed by atoms with E-state index in [1.807, 2.05) is 6.08 Å². The lowest BCUT2D eigenvalue weighted by Gasteiger charge is -2.30. The third-order valence-corrected chi connectivity index (χ3v) is 11.5. The van der Waals surface area contributed by atoms with Crippen molar-refractivity contribution in [1.82, 2.24) is 24.8 Å². The number of aliphatic hydroxyl groups excluding tert-OH is 1. The van der Waals surface area contributed by atoms with E-state index in [2.05, 4.69) is 21.7 Å². The molecule has 3 amide bonds. The molecule has 6 rings (SSSR count). The van der Waals surface area contributed by atoms with Crippen LogP contribution in [0.4, 0.5) is 4.39 Å². The van der Waals surface area contributed by atoms with E-state index in [1.165, 1.54) is 33.5 Å². The predicted octanol–water partition coefficient (Wildman–Crippen LogP) is 3.17. The summed E-state index contributed by atoms with van der Waals surface area (Å²) in [6.45, 7) is 2.30. The first-order chi connectivity index (χ1) is 23.9. The predicted molar refractivity (Wildman–Crippen MR) is 184 cm³/mol. The highest BCUT2D eigenvalue weighted by Gasteiger charge is 2.39. The smallest absolute Gasteiger partial charge is 0.270 e. The molecule has 14 heteroatoms. The maximum absolute atomic E-state index is 13.6. The van der Waals surface area contributed by atoms with Gasteiger partial charge in [-0.1, -0.05) is 24.3 Å². The van der Waals surface area contributed by atoms with Gasteiger partial charge in [0.05, 0.1) is 29.1 Å². The first-order valence-electron chi connectivity index (χ1n) is 16.9. The van der Waals surface area contributed by atoms with E-state index in [0.29, 0.717) is 54.0 Å². The normalized spacial score (nSPS) is 20.8. The highest BCUT2D eigenvalue weighted by Crippen LogP contribution is 2.33. The van der Waals surface area contributed by atoms with Gasteiger partial charge in [-0.2, -0.15) is 4.31 Å². The molecule has 50 heavy (non-hydrogen) atoms. The molecule has 12 nitrogen and oxygen atoms in total. The highest BCUT2D eigenvalue weighted by molar-refractivity contribution is 7.89. The number of hydrogen-bond acceptors (Lipinski definition) is 8. The summed E-state index contributed by atoms with van der Waals surface area (Å²) in [6.07, 6.45) is 6.43. The second kappa shape index (κ2) is 14.9. The third-order valence-electron chi connectivity index (χ3n) is 9.62. The van der Waals surface area contributed by atoms with E-state index in [4.69, 9.17) is 4.74 Å². The Balaban J connectivity index is 1.13. The van der Waals surface area contributed by atoms with Crippen molar-refractivity contribution in [2.24, 2.45) is 5.92 Å². The number of likely N-dealkylation sites (tertiary alicyclic amines) is 1. The van der Waals surface area contributed by atoms with Gasteiger partial charge in [0.15, 0.2) is 0 Å². The van der Waals surface area contributed by atoms with Crippen LogP contribution in [-0.4, -0.2) is 97.0 Å². The number of carbonyl (C=O) groups is 3. The van der Waals surface area contributed by atoms with E-state index in [1.54, 1.807) is 38.2 Å². The minimum atomic E-state index is -3.79. The van der Waals surface area contributed by atoms with Gasteiger partial charge < -0.3 is 25.4 Å². The molecule has 0 spiro atoms. The average Bonchev–Trinajstić information content (AvgIpc) is 3.87. The molecule has 2 aliphatic heterocycles. The lowest BCUT2D eigenvalue weighted by Crippen LogP contribution is -2.49. The van der Waals surface area contributed by atoms with E-state index >= 15 is 0 Å². The highest BCUT2D eigenvalue weighted by atomic mass is 32.2. The van der Waals surface area contributed by atoms with Crippen molar-refractivity contribution in [2.45, 2.75) is 68.2 Å². The largest absolute Gasteiger partial charge is 0.391 e. The second-order valence-corrected chi connectivity index (χ2v) is 15.2. The van der Waals surface area contributed by atoms with Gasteiger partial charge in [0.1, 0.15) is 17.6 Å². The van der Waals surface area contributed by atoms with E-state index in [0.717, 1.165) is 12.8 Å². The van der Waals surface area contributed by atoms with Crippen molar-refractivity contribution < 1.29 is 37.0 Å². The summed E-state index contributed by atoms with van der Waals surface area (Å²) in [6, 6.07) is 10.2. The number of rotatable bonds is 11. The van der Waals surface area contributed by atoms with Crippen LogP contribution in [0.25, 0.3) is 17.0 Å². The first kappa shape index (κ1) is 35.6. The number of nitrogens with one attached hydrogen (secondary N) is 2. The summed E-state index contributed by atoms with van der Waals surface area (Å²) in [4.78, 5) is 45.3. The van der Waals surface area contributed by atoms with Crippen LogP contribution in [0.2, 0.25) is 0 Å². The number of pyridine rings is 1. The lowest BCUT2D eigenvalue weighted by atomic mass is 10.00. The van der Waals surface area contributed by atoms with Crippen LogP contribution in [0.15, 0.2) is 59.5 Å². The zero-order chi connectivity index (χ0) is 35.6. The maximum atomic E-state index is 13.6. The van der Waals surface area contributed by atoms with Crippen molar-refractivity contribution in [3.05, 3.63) is 77.2 Å². The minimum absolute atomic E-state index is 0.0190. The van der Waals surface area contributed by atoms with E-state index in [-0.39, 0.29) is 29.6 Å².